The summed E-state index contributed by atoms with van der Waals surface area (Å²) in [6, 6.07) is 13.4. The van der Waals surface area contributed by atoms with Gasteiger partial charge in [0.15, 0.2) is 0 Å². The van der Waals surface area contributed by atoms with E-state index in [1.54, 1.807) is 6.07 Å². The molecule has 4 heteroatoms. The summed E-state index contributed by atoms with van der Waals surface area (Å²) >= 11 is 5.52. The zero-order valence-electron chi connectivity index (χ0n) is 9.75. The molecule has 2 rings (SSSR count). The van der Waals surface area contributed by atoms with Crippen molar-refractivity contribution in [2.45, 2.75) is 6.04 Å². The van der Waals surface area contributed by atoms with Crippen LogP contribution in [0, 0.1) is 9.39 Å². The van der Waals surface area contributed by atoms with E-state index in [-0.39, 0.29) is 11.9 Å². The third kappa shape index (κ3) is 3.10. The highest BCUT2D eigenvalue weighted by Crippen LogP contribution is 2.26. The number of hydrogen-bond donors (Lipinski definition) is 1. The molecule has 2 aromatic carbocycles. The third-order valence-corrected chi connectivity index (χ3v) is 4.03. The maximum Gasteiger partial charge on any atom is 0.137 e. The average molecular weight is 420 g/mol. The smallest absolute Gasteiger partial charge is 0.137 e. The molecular weight excluding hydrogens is 408 g/mol. The second kappa shape index (κ2) is 6.12. The van der Waals surface area contributed by atoms with Crippen LogP contribution >= 0.6 is 38.5 Å². The predicted molar refractivity (Wildman–Crippen MR) is 84.2 cm³/mol. The van der Waals surface area contributed by atoms with Gasteiger partial charge in [0, 0.05) is 3.57 Å². The van der Waals surface area contributed by atoms with Crippen molar-refractivity contribution in [1.29, 1.82) is 0 Å². The summed E-state index contributed by atoms with van der Waals surface area (Å²) in [6.45, 7) is 0. The van der Waals surface area contributed by atoms with Gasteiger partial charge in [0.25, 0.3) is 0 Å². The van der Waals surface area contributed by atoms with Crippen molar-refractivity contribution in [3.63, 3.8) is 0 Å². The molecule has 94 valence electrons. The summed E-state index contributed by atoms with van der Waals surface area (Å²) in [7, 11) is 1.90. The minimum absolute atomic E-state index is 0.0663. The maximum atomic E-state index is 13.3. The van der Waals surface area contributed by atoms with E-state index in [1.807, 2.05) is 19.2 Å². The molecular formula is C14H12BrFIN. The Labute approximate surface area is 128 Å². The molecule has 1 N–H and O–H groups in total. The highest BCUT2D eigenvalue weighted by Gasteiger charge is 2.13. The molecule has 0 aliphatic rings. The standard InChI is InChI=1S/C14H12BrFIN/c1-18-14(9-3-2-4-11(17)7-9)10-5-6-13(16)12(15)8-10/h2-8,14,18H,1H3. The lowest BCUT2D eigenvalue weighted by molar-refractivity contribution is 0.616. The average Bonchev–Trinajstić information content (AvgIpc) is 2.35. The van der Waals surface area contributed by atoms with Crippen molar-refractivity contribution < 1.29 is 4.39 Å². The number of benzene rings is 2. The van der Waals surface area contributed by atoms with Crippen molar-refractivity contribution in [2.75, 3.05) is 7.05 Å². The third-order valence-electron chi connectivity index (χ3n) is 2.75. The molecule has 1 atom stereocenters. The van der Waals surface area contributed by atoms with Crippen molar-refractivity contribution in [2.24, 2.45) is 0 Å². The normalized spacial score (nSPS) is 12.4. The summed E-state index contributed by atoms with van der Waals surface area (Å²) < 4.78 is 14.9. The first-order chi connectivity index (χ1) is 8.61. The van der Waals surface area contributed by atoms with Crippen LogP contribution in [0.4, 0.5) is 4.39 Å². The van der Waals surface area contributed by atoms with Crippen LogP contribution in [0.5, 0.6) is 0 Å². The lowest BCUT2D eigenvalue weighted by Crippen LogP contribution is -2.17. The molecule has 0 aliphatic heterocycles. The molecule has 2 aromatic rings. The Kier molecular flexibility index (Phi) is 4.75. The fourth-order valence-corrected chi connectivity index (χ4v) is 2.87. The van der Waals surface area contributed by atoms with Crippen LogP contribution in [-0.2, 0) is 0 Å². The molecule has 0 aromatic heterocycles. The van der Waals surface area contributed by atoms with E-state index in [1.165, 1.54) is 15.2 Å². The Balaban J connectivity index is 2.42. The summed E-state index contributed by atoms with van der Waals surface area (Å²) in [5.74, 6) is -0.240. The van der Waals surface area contributed by atoms with Crippen LogP contribution in [0.3, 0.4) is 0 Å². The Hall–Kier alpha value is -0.460. The molecule has 0 radical (unpaired) electrons. The largest absolute Gasteiger partial charge is 0.309 e. The van der Waals surface area contributed by atoms with Crippen LogP contribution in [0.15, 0.2) is 46.9 Å². The van der Waals surface area contributed by atoms with Gasteiger partial charge in [-0.2, -0.15) is 0 Å². The highest BCUT2D eigenvalue weighted by atomic mass is 127. The van der Waals surface area contributed by atoms with Crippen LogP contribution in [0.2, 0.25) is 0 Å². The monoisotopic (exact) mass is 419 g/mol. The van der Waals surface area contributed by atoms with E-state index in [4.69, 9.17) is 0 Å². The molecule has 0 spiro atoms. The first kappa shape index (κ1) is 14.0. The molecule has 0 heterocycles. The van der Waals surface area contributed by atoms with E-state index in [2.05, 4.69) is 62.0 Å². The van der Waals surface area contributed by atoms with Crippen molar-refractivity contribution in [3.05, 3.63) is 67.5 Å². The van der Waals surface area contributed by atoms with Crippen LogP contribution in [0.1, 0.15) is 17.2 Å². The van der Waals surface area contributed by atoms with Gasteiger partial charge in [-0.1, -0.05) is 18.2 Å². The first-order valence-corrected chi connectivity index (χ1v) is 7.36. The molecule has 0 saturated carbocycles. The minimum Gasteiger partial charge on any atom is -0.309 e. The van der Waals surface area contributed by atoms with Crippen molar-refractivity contribution in [3.8, 4) is 0 Å². The molecule has 0 saturated heterocycles. The Morgan fingerprint density at radius 1 is 1.17 bits per heavy atom. The van der Waals surface area contributed by atoms with Gasteiger partial charge in [-0.25, -0.2) is 4.39 Å². The summed E-state index contributed by atoms with van der Waals surface area (Å²) in [6.07, 6.45) is 0. The van der Waals surface area contributed by atoms with Gasteiger partial charge in [-0.3, -0.25) is 0 Å². The lowest BCUT2D eigenvalue weighted by atomic mass is 9.99. The minimum atomic E-state index is -0.240. The number of nitrogens with one attached hydrogen (secondary N) is 1. The Morgan fingerprint density at radius 3 is 2.50 bits per heavy atom. The van der Waals surface area contributed by atoms with Gasteiger partial charge in [-0.05, 0) is 81.0 Å². The van der Waals surface area contributed by atoms with E-state index in [0.29, 0.717) is 4.47 Å². The SMILES string of the molecule is CNC(c1cccc(I)c1)c1ccc(F)c(Br)c1. The highest BCUT2D eigenvalue weighted by molar-refractivity contribution is 14.1. The van der Waals surface area contributed by atoms with Crippen LogP contribution in [-0.4, -0.2) is 7.05 Å². The van der Waals surface area contributed by atoms with Gasteiger partial charge < -0.3 is 5.32 Å². The number of halogens is 3. The summed E-state index contributed by atoms with van der Waals surface area (Å²) in [4.78, 5) is 0. The molecule has 18 heavy (non-hydrogen) atoms. The Bertz CT molecular complexity index is 559. The fourth-order valence-electron chi connectivity index (χ4n) is 1.90. The van der Waals surface area contributed by atoms with E-state index in [0.717, 1.165) is 5.56 Å². The summed E-state index contributed by atoms with van der Waals surface area (Å²) in [5, 5.41) is 3.26. The molecule has 0 fully saturated rings. The molecule has 0 amide bonds. The van der Waals surface area contributed by atoms with Crippen molar-refractivity contribution >= 4 is 38.5 Å². The zero-order chi connectivity index (χ0) is 13.1. The zero-order valence-corrected chi connectivity index (χ0v) is 13.5. The van der Waals surface area contributed by atoms with E-state index >= 15 is 0 Å². The maximum absolute atomic E-state index is 13.3. The number of rotatable bonds is 3. The lowest BCUT2D eigenvalue weighted by Gasteiger charge is -2.18. The topological polar surface area (TPSA) is 12.0 Å². The first-order valence-electron chi connectivity index (χ1n) is 5.49. The second-order valence-corrected chi connectivity index (χ2v) is 6.05. The quantitative estimate of drug-likeness (QED) is 0.722. The number of hydrogen-bond acceptors (Lipinski definition) is 1. The van der Waals surface area contributed by atoms with Gasteiger partial charge in [0.05, 0.1) is 10.5 Å². The molecule has 1 unspecified atom stereocenters. The second-order valence-electron chi connectivity index (χ2n) is 3.95. The van der Waals surface area contributed by atoms with Gasteiger partial charge >= 0.3 is 0 Å². The predicted octanol–water partition coefficient (Wildman–Crippen LogP) is 4.50. The summed E-state index contributed by atoms with van der Waals surface area (Å²) in [5.41, 5.74) is 2.20. The van der Waals surface area contributed by atoms with Gasteiger partial charge in [0.1, 0.15) is 5.82 Å². The molecule has 0 aliphatic carbocycles. The van der Waals surface area contributed by atoms with E-state index in [9.17, 15) is 4.39 Å². The molecule has 0 bridgehead atoms. The van der Waals surface area contributed by atoms with Gasteiger partial charge in [-0.15, -0.1) is 0 Å². The Morgan fingerprint density at radius 2 is 1.89 bits per heavy atom. The van der Waals surface area contributed by atoms with Gasteiger partial charge in [0.2, 0.25) is 0 Å². The fraction of sp³-hybridized carbons (Fsp3) is 0.143. The van der Waals surface area contributed by atoms with E-state index < -0.39 is 0 Å². The van der Waals surface area contributed by atoms with Crippen LogP contribution < -0.4 is 5.32 Å². The van der Waals surface area contributed by atoms with Crippen molar-refractivity contribution in [1.82, 2.24) is 5.32 Å². The molecule has 1 nitrogen and oxygen atoms in total. The van der Waals surface area contributed by atoms with Crippen LogP contribution in [0.25, 0.3) is 0 Å².